The third-order valence-corrected chi connectivity index (χ3v) is 6.69. The average Bonchev–Trinajstić information content (AvgIpc) is 2.97. The molecule has 0 saturated heterocycles. The average molecular weight is 559 g/mol. The Labute approximate surface area is 238 Å². The smallest absolute Gasteiger partial charge is 0.323 e. The second-order valence-electron chi connectivity index (χ2n) is 9.39. The van der Waals surface area contributed by atoms with E-state index in [1.54, 1.807) is 31.4 Å². The first-order valence-corrected chi connectivity index (χ1v) is 13.2. The Bertz CT molecular complexity index is 1430. The molecule has 0 aliphatic carbocycles. The molecule has 9 heteroatoms. The van der Waals surface area contributed by atoms with Gasteiger partial charge in [0.05, 0.1) is 18.4 Å². The molecule has 0 spiro atoms. The number of nitrogens with zero attached hydrogens (tertiary/aromatic N) is 4. The molecule has 0 aliphatic heterocycles. The predicted molar refractivity (Wildman–Crippen MR) is 155 cm³/mol. The highest BCUT2D eigenvalue weighted by atomic mass is 35.5. The van der Waals surface area contributed by atoms with Crippen molar-refractivity contribution in [2.45, 2.75) is 19.4 Å². The van der Waals surface area contributed by atoms with E-state index in [4.69, 9.17) is 21.3 Å². The molecule has 0 bridgehead atoms. The van der Waals surface area contributed by atoms with Crippen molar-refractivity contribution >= 4 is 29.4 Å². The predicted octanol–water partition coefficient (Wildman–Crippen LogP) is 5.14. The van der Waals surface area contributed by atoms with Crippen molar-refractivity contribution in [1.29, 1.82) is 0 Å². The minimum Gasteiger partial charge on any atom is -0.497 e. The van der Waals surface area contributed by atoms with E-state index < -0.39 is 18.4 Å². The summed E-state index contributed by atoms with van der Waals surface area (Å²) in [5.74, 6) is -0.366. The summed E-state index contributed by atoms with van der Waals surface area (Å²) >= 11 is 6.00. The quantitative estimate of drug-likeness (QED) is 0.257. The number of carbonyl (C=O) groups excluding carboxylic acids is 1. The number of halogens is 1. The summed E-state index contributed by atoms with van der Waals surface area (Å²) in [4.78, 5) is 38.0. The maximum atomic E-state index is 13.8. The molecule has 3 aromatic carbocycles. The van der Waals surface area contributed by atoms with E-state index >= 15 is 0 Å². The standard InChI is InChI=1S/C31H31ClN4O4/c1-35(17-16-22-6-4-3-5-7-22)31-33-19-27(28(34-31)18-23-10-14-26(40-2)15-11-23)30(39)36(21-29(37)38)20-24-8-12-25(32)13-9-24/h3-15,19H,16-18,20-21H2,1-2H3,(H,37,38). The fraction of sp³-hybridized carbons (Fsp3) is 0.226. The van der Waals surface area contributed by atoms with Gasteiger partial charge in [0.25, 0.3) is 5.91 Å². The lowest BCUT2D eigenvalue weighted by Crippen LogP contribution is -2.36. The topological polar surface area (TPSA) is 95.9 Å². The van der Waals surface area contributed by atoms with Crippen LogP contribution in [0.15, 0.2) is 85.1 Å². The molecule has 0 unspecified atom stereocenters. The highest BCUT2D eigenvalue weighted by Crippen LogP contribution is 2.21. The van der Waals surface area contributed by atoms with Crippen LogP contribution in [-0.4, -0.2) is 59.1 Å². The number of amides is 1. The van der Waals surface area contributed by atoms with E-state index in [2.05, 4.69) is 17.1 Å². The molecule has 0 aliphatic rings. The molecular formula is C31H31ClN4O4. The molecule has 1 heterocycles. The molecule has 0 atom stereocenters. The third-order valence-electron chi connectivity index (χ3n) is 6.44. The first-order chi connectivity index (χ1) is 19.3. The van der Waals surface area contributed by atoms with E-state index in [-0.39, 0.29) is 12.1 Å². The Kier molecular flexibility index (Phi) is 9.70. The normalized spacial score (nSPS) is 10.7. The second kappa shape index (κ2) is 13.6. The van der Waals surface area contributed by atoms with Crippen LogP contribution in [0.4, 0.5) is 5.95 Å². The minimum atomic E-state index is -1.11. The second-order valence-corrected chi connectivity index (χ2v) is 9.83. The van der Waals surface area contributed by atoms with Gasteiger partial charge in [0, 0.05) is 37.8 Å². The molecular weight excluding hydrogens is 528 g/mol. The first-order valence-electron chi connectivity index (χ1n) is 12.8. The van der Waals surface area contributed by atoms with Gasteiger partial charge in [-0.25, -0.2) is 9.97 Å². The molecule has 40 heavy (non-hydrogen) atoms. The van der Waals surface area contributed by atoms with Crippen molar-refractivity contribution in [3.63, 3.8) is 0 Å². The molecule has 4 aromatic rings. The van der Waals surface area contributed by atoms with Gasteiger partial charge in [-0.1, -0.05) is 66.2 Å². The molecule has 1 N–H and O–H groups in total. The van der Waals surface area contributed by atoms with E-state index in [0.29, 0.717) is 29.6 Å². The van der Waals surface area contributed by atoms with Gasteiger partial charge in [0.1, 0.15) is 12.3 Å². The van der Waals surface area contributed by atoms with Gasteiger partial charge in [0.2, 0.25) is 5.95 Å². The lowest BCUT2D eigenvalue weighted by Gasteiger charge is -2.23. The lowest BCUT2D eigenvalue weighted by atomic mass is 10.0. The number of hydrogen-bond donors (Lipinski definition) is 1. The SMILES string of the molecule is COc1ccc(Cc2nc(N(C)CCc3ccccc3)ncc2C(=O)N(CC(=O)O)Cc2ccc(Cl)cc2)cc1. The van der Waals surface area contributed by atoms with E-state index in [1.165, 1.54) is 16.7 Å². The molecule has 206 valence electrons. The van der Waals surface area contributed by atoms with Crippen LogP contribution in [0.5, 0.6) is 5.75 Å². The number of likely N-dealkylation sites (N-methyl/N-ethyl adjacent to an activating group) is 1. The number of aliphatic carboxylic acids is 1. The van der Waals surface area contributed by atoms with Crippen molar-refractivity contribution in [3.05, 3.63) is 118 Å². The third kappa shape index (κ3) is 7.80. The molecule has 1 amide bonds. The fourth-order valence-electron chi connectivity index (χ4n) is 4.23. The van der Waals surface area contributed by atoms with Crippen LogP contribution >= 0.6 is 11.6 Å². The summed E-state index contributed by atoms with van der Waals surface area (Å²) in [6, 6.07) is 24.6. The number of methoxy groups -OCH3 is 1. The van der Waals surface area contributed by atoms with E-state index in [0.717, 1.165) is 23.3 Å². The van der Waals surface area contributed by atoms with Gasteiger partial charge in [0.15, 0.2) is 0 Å². The molecule has 0 radical (unpaired) electrons. The number of benzene rings is 3. The van der Waals surface area contributed by atoms with Gasteiger partial charge >= 0.3 is 5.97 Å². The Morgan fingerprint density at radius 2 is 1.60 bits per heavy atom. The first kappa shape index (κ1) is 28.6. The van der Waals surface area contributed by atoms with Gasteiger partial charge < -0.3 is 19.6 Å². The number of aromatic nitrogens is 2. The minimum absolute atomic E-state index is 0.100. The van der Waals surface area contributed by atoms with Crippen LogP contribution in [0.2, 0.25) is 5.02 Å². The van der Waals surface area contributed by atoms with Gasteiger partial charge in [-0.15, -0.1) is 0 Å². The number of ether oxygens (including phenoxy) is 1. The number of carboxylic acids is 1. The van der Waals surface area contributed by atoms with Crippen LogP contribution in [0, 0.1) is 0 Å². The number of anilines is 1. The Balaban J connectivity index is 1.64. The summed E-state index contributed by atoms with van der Waals surface area (Å²) in [6.07, 6.45) is 2.66. The summed E-state index contributed by atoms with van der Waals surface area (Å²) in [6.45, 7) is 0.312. The van der Waals surface area contributed by atoms with E-state index in [9.17, 15) is 14.7 Å². The van der Waals surface area contributed by atoms with Crippen molar-refractivity contribution in [2.75, 3.05) is 32.1 Å². The Hall–Kier alpha value is -4.43. The summed E-state index contributed by atoms with van der Waals surface area (Å²) in [5, 5.41) is 10.1. The van der Waals surface area contributed by atoms with Crippen LogP contribution in [0.25, 0.3) is 0 Å². The zero-order chi connectivity index (χ0) is 28.5. The van der Waals surface area contributed by atoms with Crippen LogP contribution in [0.1, 0.15) is 32.7 Å². The Morgan fingerprint density at radius 1 is 0.925 bits per heavy atom. The molecule has 0 saturated carbocycles. The molecule has 1 aromatic heterocycles. The molecule has 4 rings (SSSR count). The Morgan fingerprint density at radius 3 is 2.25 bits per heavy atom. The van der Waals surface area contributed by atoms with Gasteiger partial charge in [-0.05, 0) is 47.4 Å². The number of hydrogen-bond acceptors (Lipinski definition) is 6. The van der Waals surface area contributed by atoms with Crippen LogP contribution in [-0.2, 0) is 24.2 Å². The zero-order valence-electron chi connectivity index (χ0n) is 22.5. The summed E-state index contributed by atoms with van der Waals surface area (Å²) in [5.41, 5.74) is 3.65. The zero-order valence-corrected chi connectivity index (χ0v) is 23.2. The van der Waals surface area contributed by atoms with E-state index in [1.807, 2.05) is 54.4 Å². The molecule has 8 nitrogen and oxygen atoms in total. The summed E-state index contributed by atoms with van der Waals surface area (Å²) in [7, 11) is 3.51. The molecule has 0 fully saturated rings. The van der Waals surface area contributed by atoms with Gasteiger partial charge in [-0.3, -0.25) is 9.59 Å². The maximum absolute atomic E-state index is 13.8. The number of carboxylic acid groups (broad SMARTS) is 1. The summed E-state index contributed by atoms with van der Waals surface area (Å²) < 4.78 is 5.27. The van der Waals surface area contributed by atoms with Crippen LogP contribution in [0.3, 0.4) is 0 Å². The number of rotatable bonds is 12. The highest BCUT2D eigenvalue weighted by Gasteiger charge is 2.24. The van der Waals surface area contributed by atoms with Crippen molar-refractivity contribution in [1.82, 2.24) is 14.9 Å². The fourth-order valence-corrected chi connectivity index (χ4v) is 4.35. The highest BCUT2D eigenvalue weighted by molar-refractivity contribution is 6.30. The largest absolute Gasteiger partial charge is 0.497 e. The van der Waals surface area contributed by atoms with Crippen LogP contribution < -0.4 is 9.64 Å². The van der Waals surface area contributed by atoms with Gasteiger partial charge in [-0.2, -0.15) is 0 Å². The van der Waals surface area contributed by atoms with Crippen molar-refractivity contribution < 1.29 is 19.4 Å². The van der Waals surface area contributed by atoms with Crippen molar-refractivity contribution in [3.8, 4) is 5.75 Å². The monoisotopic (exact) mass is 558 g/mol. The lowest BCUT2D eigenvalue weighted by molar-refractivity contribution is -0.137. The van der Waals surface area contributed by atoms with Crippen molar-refractivity contribution in [2.24, 2.45) is 0 Å². The maximum Gasteiger partial charge on any atom is 0.323 e. The number of carbonyl (C=O) groups is 2.